The van der Waals surface area contributed by atoms with Gasteiger partial charge in [-0.15, -0.1) is 0 Å². The molecule has 1 fully saturated rings. The lowest BCUT2D eigenvalue weighted by molar-refractivity contribution is -0.127. The van der Waals surface area contributed by atoms with Crippen LogP contribution < -0.4 is 4.90 Å². The van der Waals surface area contributed by atoms with E-state index >= 15 is 0 Å². The number of carboxylic acid groups (broad SMARTS) is 1. The molecular weight excluding hydrogens is 270 g/mol. The fraction of sp³-hybridized carbons (Fsp3) is 0.417. The van der Waals surface area contributed by atoms with E-state index in [4.69, 9.17) is 16.7 Å². The zero-order valence-electron chi connectivity index (χ0n) is 10.5. The van der Waals surface area contributed by atoms with Crippen LogP contribution in [0.25, 0.3) is 0 Å². The molecule has 0 bridgehead atoms. The van der Waals surface area contributed by atoms with Crippen molar-refractivity contribution in [2.45, 2.75) is 6.42 Å². The standard InChI is InChI=1S/C12H14ClN3O3/c1-15-3-2-4-16(7-11(15)17)10-5-8(12(18)19)9(13)6-14-10/h5-6H,2-4,7H2,1H3,(H,18,19). The molecule has 2 heterocycles. The quantitative estimate of drug-likeness (QED) is 0.880. The molecule has 102 valence electrons. The summed E-state index contributed by atoms with van der Waals surface area (Å²) >= 11 is 5.78. The first-order valence-electron chi connectivity index (χ1n) is 5.87. The third kappa shape index (κ3) is 2.96. The number of aromatic carboxylic acids is 1. The topological polar surface area (TPSA) is 73.7 Å². The monoisotopic (exact) mass is 283 g/mol. The lowest BCUT2D eigenvalue weighted by Crippen LogP contribution is -2.34. The van der Waals surface area contributed by atoms with Gasteiger partial charge in [0.1, 0.15) is 5.82 Å². The van der Waals surface area contributed by atoms with Gasteiger partial charge in [-0.05, 0) is 12.5 Å². The Bertz CT molecular complexity index is 521. The SMILES string of the molecule is CN1CCCN(c2cc(C(=O)O)c(Cl)cn2)CC1=O. The number of carboxylic acids is 1. The van der Waals surface area contributed by atoms with E-state index in [1.165, 1.54) is 12.3 Å². The highest BCUT2D eigenvalue weighted by atomic mass is 35.5. The second-order valence-electron chi connectivity index (χ2n) is 4.42. The number of carbonyl (C=O) groups excluding carboxylic acids is 1. The van der Waals surface area contributed by atoms with Crippen LogP contribution in [0.4, 0.5) is 5.82 Å². The van der Waals surface area contributed by atoms with Crippen LogP contribution >= 0.6 is 11.6 Å². The minimum Gasteiger partial charge on any atom is -0.478 e. The van der Waals surface area contributed by atoms with Gasteiger partial charge in [0.15, 0.2) is 0 Å². The maximum Gasteiger partial charge on any atom is 0.337 e. The second kappa shape index (κ2) is 5.44. The van der Waals surface area contributed by atoms with Crippen molar-refractivity contribution in [1.29, 1.82) is 0 Å². The summed E-state index contributed by atoms with van der Waals surface area (Å²) in [6.07, 6.45) is 2.12. The number of hydrogen-bond acceptors (Lipinski definition) is 4. The summed E-state index contributed by atoms with van der Waals surface area (Å²) in [6, 6.07) is 1.41. The summed E-state index contributed by atoms with van der Waals surface area (Å²) in [5.41, 5.74) is -0.00304. The molecule has 1 aromatic rings. The van der Waals surface area contributed by atoms with Crippen molar-refractivity contribution in [2.75, 3.05) is 31.6 Å². The van der Waals surface area contributed by atoms with Gasteiger partial charge in [0, 0.05) is 26.3 Å². The van der Waals surface area contributed by atoms with Crippen molar-refractivity contribution in [2.24, 2.45) is 0 Å². The van der Waals surface area contributed by atoms with Crippen molar-refractivity contribution in [3.8, 4) is 0 Å². The van der Waals surface area contributed by atoms with Crippen molar-refractivity contribution < 1.29 is 14.7 Å². The normalized spacial score (nSPS) is 16.4. The van der Waals surface area contributed by atoms with Crippen LogP contribution in [-0.4, -0.2) is 53.5 Å². The summed E-state index contributed by atoms with van der Waals surface area (Å²) < 4.78 is 0. The van der Waals surface area contributed by atoms with E-state index < -0.39 is 5.97 Å². The molecule has 1 saturated heterocycles. The second-order valence-corrected chi connectivity index (χ2v) is 4.83. The molecule has 0 unspecified atom stereocenters. The van der Waals surface area contributed by atoms with E-state index in [-0.39, 0.29) is 23.0 Å². The molecule has 1 amide bonds. The number of hydrogen-bond donors (Lipinski definition) is 1. The summed E-state index contributed by atoms with van der Waals surface area (Å²) in [6.45, 7) is 1.54. The smallest absolute Gasteiger partial charge is 0.337 e. The molecule has 6 nitrogen and oxygen atoms in total. The Labute approximate surface area is 115 Å². The van der Waals surface area contributed by atoms with Crippen LogP contribution in [0.3, 0.4) is 0 Å². The van der Waals surface area contributed by atoms with Gasteiger partial charge < -0.3 is 14.9 Å². The third-order valence-corrected chi connectivity index (χ3v) is 3.37. The van der Waals surface area contributed by atoms with Crippen LogP contribution in [0.1, 0.15) is 16.8 Å². The molecule has 19 heavy (non-hydrogen) atoms. The van der Waals surface area contributed by atoms with E-state index in [9.17, 15) is 9.59 Å². The number of halogens is 1. The lowest BCUT2D eigenvalue weighted by Gasteiger charge is -2.21. The van der Waals surface area contributed by atoms with Gasteiger partial charge in [-0.3, -0.25) is 4.79 Å². The molecule has 0 aliphatic carbocycles. The predicted molar refractivity (Wildman–Crippen MR) is 70.7 cm³/mol. The molecule has 0 aromatic carbocycles. The fourth-order valence-electron chi connectivity index (χ4n) is 1.95. The molecule has 1 aliphatic heterocycles. The average Bonchev–Trinajstić information content (AvgIpc) is 2.52. The summed E-state index contributed by atoms with van der Waals surface area (Å²) in [7, 11) is 1.75. The van der Waals surface area contributed by atoms with Crippen molar-refractivity contribution in [3.63, 3.8) is 0 Å². The minimum absolute atomic E-state index is 0.00304. The fourth-order valence-corrected chi connectivity index (χ4v) is 2.13. The molecule has 7 heteroatoms. The first kappa shape index (κ1) is 13.6. The van der Waals surface area contributed by atoms with E-state index in [1.54, 1.807) is 16.8 Å². The Morgan fingerprint density at radius 1 is 1.47 bits per heavy atom. The number of amides is 1. The number of aromatic nitrogens is 1. The molecule has 0 saturated carbocycles. The zero-order chi connectivity index (χ0) is 14.0. The highest BCUT2D eigenvalue weighted by Crippen LogP contribution is 2.21. The van der Waals surface area contributed by atoms with E-state index in [0.717, 1.165) is 6.42 Å². The average molecular weight is 284 g/mol. The number of pyridine rings is 1. The van der Waals surface area contributed by atoms with Crippen LogP contribution in [0.15, 0.2) is 12.3 Å². The first-order valence-corrected chi connectivity index (χ1v) is 6.24. The molecule has 1 aliphatic rings. The number of anilines is 1. The highest BCUT2D eigenvalue weighted by molar-refractivity contribution is 6.33. The van der Waals surface area contributed by atoms with Gasteiger partial charge in [0.05, 0.1) is 17.1 Å². The molecule has 0 spiro atoms. The summed E-state index contributed by atoms with van der Waals surface area (Å²) in [5, 5.41) is 9.12. The summed E-state index contributed by atoms with van der Waals surface area (Å²) in [4.78, 5) is 30.4. The van der Waals surface area contributed by atoms with Crippen molar-refractivity contribution in [3.05, 3.63) is 22.8 Å². The third-order valence-electron chi connectivity index (χ3n) is 3.07. The largest absolute Gasteiger partial charge is 0.478 e. The number of nitrogens with zero attached hydrogens (tertiary/aromatic N) is 3. The van der Waals surface area contributed by atoms with Gasteiger partial charge >= 0.3 is 5.97 Å². The number of likely N-dealkylation sites (N-methyl/N-ethyl adjacent to an activating group) is 1. The van der Waals surface area contributed by atoms with E-state index in [2.05, 4.69) is 4.98 Å². The van der Waals surface area contributed by atoms with Crippen LogP contribution in [0, 0.1) is 0 Å². The van der Waals surface area contributed by atoms with Crippen molar-refractivity contribution >= 4 is 29.3 Å². The Morgan fingerprint density at radius 3 is 2.89 bits per heavy atom. The minimum atomic E-state index is -1.10. The van der Waals surface area contributed by atoms with Gasteiger partial charge in [-0.2, -0.15) is 0 Å². The molecule has 1 aromatic heterocycles. The van der Waals surface area contributed by atoms with Crippen molar-refractivity contribution in [1.82, 2.24) is 9.88 Å². The maximum atomic E-state index is 11.8. The highest BCUT2D eigenvalue weighted by Gasteiger charge is 2.21. The van der Waals surface area contributed by atoms with E-state index in [0.29, 0.717) is 18.9 Å². The van der Waals surface area contributed by atoms with Crippen LogP contribution in [-0.2, 0) is 4.79 Å². The number of carbonyl (C=O) groups is 2. The Hall–Kier alpha value is -1.82. The predicted octanol–water partition coefficient (Wildman–Crippen LogP) is 1.10. The van der Waals surface area contributed by atoms with Crippen LogP contribution in [0.2, 0.25) is 5.02 Å². The summed E-state index contributed by atoms with van der Waals surface area (Å²) in [5.74, 6) is -0.650. The maximum absolute atomic E-state index is 11.8. The molecule has 1 N–H and O–H groups in total. The zero-order valence-corrected chi connectivity index (χ0v) is 11.2. The number of rotatable bonds is 2. The van der Waals surface area contributed by atoms with Gasteiger partial charge in [-0.1, -0.05) is 11.6 Å². The van der Waals surface area contributed by atoms with Crippen LogP contribution in [0.5, 0.6) is 0 Å². The van der Waals surface area contributed by atoms with Gasteiger partial charge in [0.2, 0.25) is 5.91 Å². The first-order chi connectivity index (χ1) is 8.99. The van der Waals surface area contributed by atoms with Gasteiger partial charge in [-0.25, -0.2) is 9.78 Å². The Kier molecular flexibility index (Phi) is 3.90. The Balaban J connectivity index is 2.28. The van der Waals surface area contributed by atoms with Gasteiger partial charge in [0.25, 0.3) is 0 Å². The molecule has 0 radical (unpaired) electrons. The molecular formula is C12H14ClN3O3. The molecule has 0 atom stereocenters. The molecule has 2 rings (SSSR count). The Morgan fingerprint density at radius 2 is 2.21 bits per heavy atom. The van der Waals surface area contributed by atoms with E-state index in [1.807, 2.05) is 0 Å². The lowest BCUT2D eigenvalue weighted by atomic mass is 10.2.